The Hall–Kier alpha value is -2.17. The second-order valence-electron chi connectivity index (χ2n) is 5.64. The monoisotopic (exact) mass is 285 g/mol. The lowest BCUT2D eigenvalue weighted by molar-refractivity contribution is 0.0693. The minimum atomic E-state index is -0.258. The molecule has 0 spiro atoms. The molecule has 1 aromatic carbocycles. The van der Waals surface area contributed by atoms with Gasteiger partial charge >= 0.3 is 0 Å². The van der Waals surface area contributed by atoms with Gasteiger partial charge in [0.15, 0.2) is 5.69 Å². The van der Waals surface area contributed by atoms with Crippen molar-refractivity contribution in [3.8, 4) is 0 Å². The van der Waals surface area contributed by atoms with Gasteiger partial charge < -0.3 is 4.90 Å². The number of H-pyrrole nitrogens is 1. The predicted molar refractivity (Wildman–Crippen MR) is 81.3 cm³/mol. The molecule has 0 saturated carbocycles. The van der Waals surface area contributed by atoms with Crippen LogP contribution in [0.15, 0.2) is 29.1 Å². The minimum absolute atomic E-state index is 0.0862. The summed E-state index contributed by atoms with van der Waals surface area (Å²) in [6.07, 6.45) is 4.36. The quantitative estimate of drug-likeness (QED) is 0.874. The number of amides is 1. The molecular weight excluding hydrogens is 266 g/mol. The first-order valence-electron chi connectivity index (χ1n) is 7.47. The zero-order valence-electron chi connectivity index (χ0n) is 12.1. The Bertz CT molecular complexity index is 723. The summed E-state index contributed by atoms with van der Waals surface area (Å²) in [4.78, 5) is 26.5. The number of carbonyl (C=O) groups is 1. The number of nitrogens with zero attached hydrogens (tertiary/aromatic N) is 2. The summed E-state index contributed by atoms with van der Waals surface area (Å²) in [6.45, 7) is 2.84. The van der Waals surface area contributed by atoms with E-state index in [0.29, 0.717) is 16.5 Å². The minimum Gasteiger partial charge on any atom is -0.335 e. The number of aromatic amines is 1. The molecule has 0 radical (unpaired) electrons. The van der Waals surface area contributed by atoms with Crippen molar-refractivity contribution in [2.75, 3.05) is 6.54 Å². The smallest absolute Gasteiger partial charge is 0.275 e. The normalized spacial score (nSPS) is 19.5. The van der Waals surface area contributed by atoms with E-state index < -0.39 is 0 Å². The van der Waals surface area contributed by atoms with E-state index in [-0.39, 0.29) is 17.5 Å². The second kappa shape index (κ2) is 5.68. The van der Waals surface area contributed by atoms with Crippen LogP contribution in [0.1, 0.15) is 43.1 Å². The molecule has 1 aromatic heterocycles. The molecule has 1 aliphatic rings. The van der Waals surface area contributed by atoms with Gasteiger partial charge in [0.2, 0.25) is 0 Å². The summed E-state index contributed by atoms with van der Waals surface area (Å²) in [5.74, 6) is -0.0862. The second-order valence-corrected chi connectivity index (χ2v) is 5.64. The largest absolute Gasteiger partial charge is 0.335 e. The molecule has 5 heteroatoms. The number of hydrogen-bond acceptors (Lipinski definition) is 3. The van der Waals surface area contributed by atoms with Crippen LogP contribution in [0.3, 0.4) is 0 Å². The summed E-state index contributed by atoms with van der Waals surface area (Å²) < 4.78 is 0. The van der Waals surface area contributed by atoms with Gasteiger partial charge in [-0.2, -0.15) is 5.10 Å². The van der Waals surface area contributed by atoms with E-state index in [1.807, 2.05) is 11.0 Å². The van der Waals surface area contributed by atoms with Gasteiger partial charge in [-0.15, -0.1) is 0 Å². The third-order valence-electron chi connectivity index (χ3n) is 4.21. The molecule has 1 fully saturated rings. The highest BCUT2D eigenvalue weighted by molar-refractivity contribution is 6.04. The Morgan fingerprint density at radius 3 is 2.81 bits per heavy atom. The number of likely N-dealkylation sites (tertiary alicyclic amines) is 1. The van der Waals surface area contributed by atoms with Gasteiger partial charge in [-0.25, -0.2) is 5.10 Å². The number of rotatable bonds is 1. The Balaban J connectivity index is 2.05. The molecule has 1 amide bonds. The van der Waals surface area contributed by atoms with Crippen molar-refractivity contribution in [3.63, 3.8) is 0 Å². The van der Waals surface area contributed by atoms with E-state index in [2.05, 4.69) is 17.1 Å². The number of fused-ring (bicyclic) bond motifs is 1. The van der Waals surface area contributed by atoms with Gasteiger partial charge in [-0.1, -0.05) is 31.0 Å². The highest BCUT2D eigenvalue weighted by Gasteiger charge is 2.25. The third-order valence-corrected chi connectivity index (χ3v) is 4.21. The van der Waals surface area contributed by atoms with E-state index in [9.17, 15) is 9.59 Å². The molecule has 0 aliphatic carbocycles. The SMILES string of the molecule is CC1CCCCCN1C(=O)c1n[nH]c(=O)c2ccccc12. The lowest BCUT2D eigenvalue weighted by atomic mass is 10.1. The van der Waals surface area contributed by atoms with Crippen molar-refractivity contribution < 1.29 is 4.79 Å². The molecule has 2 heterocycles. The third kappa shape index (κ3) is 2.55. The van der Waals surface area contributed by atoms with Crippen molar-refractivity contribution in [3.05, 3.63) is 40.3 Å². The molecule has 1 saturated heterocycles. The average Bonchev–Trinajstić information content (AvgIpc) is 2.72. The van der Waals surface area contributed by atoms with Crippen LogP contribution in [0.4, 0.5) is 0 Å². The first-order chi connectivity index (χ1) is 10.2. The van der Waals surface area contributed by atoms with Crippen LogP contribution in [-0.2, 0) is 0 Å². The number of hydrogen-bond donors (Lipinski definition) is 1. The van der Waals surface area contributed by atoms with Gasteiger partial charge in [0, 0.05) is 18.0 Å². The number of benzene rings is 1. The highest BCUT2D eigenvalue weighted by Crippen LogP contribution is 2.21. The van der Waals surface area contributed by atoms with Crippen LogP contribution in [0.5, 0.6) is 0 Å². The molecule has 21 heavy (non-hydrogen) atoms. The number of nitrogens with one attached hydrogen (secondary N) is 1. The Morgan fingerprint density at radius 1 is 1.24 bits per heavy atom. The molecular formula is C16H19N3O2. The molecule has 3 rings (SSSR count). The summed E-state index contributed by atoms with van der Waals surface area (Å²) in [5, 5.41) is 7.60. The average molecular weight is 285 g/mol. The van der Waals surface area contributed by atoms with E-state index in [4.69, 9.17) is 0 Å². The Kier molecular flexibility index (Phi) is 3.73. The zero-order valence-corrected chi connectivity index (χ0v) is 12.1. The maximum Gasteiger partial charge on any atom is 0.275 e. The molecule has 1 N–H and O–H groups in total. The van der Waals surface area contributed by atoms with Crippen LogP contribution in [0, 0.1) is 0 Å². The molecule has 2 aromatic rings. The van der Waals surface area contributed by atoms with Crippen molar-refractivity contribution in [1.82, 2.24) is 15.1 Å². The molecule has 1 atom stereocenters. The van der Waals surface area contributed by atoms with Crippen molar-refractivity contribution in [2.45, 2.75) is 38.6 Å². The zero-order chi connectivity index (χ0) is 14.8. The van der Waals surface area contributed by atoms with Gasteiger partial charge in [-0.05, 0) is 25.8 Å². The predicted octanol–water partition coefficient (Wildman–Crippen LogP) is 2.33. The molecule has 0 bridgehead atoms. The standard InChI is InChI=1S/C16H19N3O2/c1-11-7-3-2-6-10-19(11)16(21)14-12-8-4-5-9-13(12)15(20)18-17-14/h4-5,8-9,11H,2-3,6-7,10H2,1H3,(H,18,20). The summed E-state index contributed by atoms with van der Waals surface area (Å²) in [7, 11) is 0. The van der Waals surface area contributed by atoms with E-state index in [1.165, 1.54) is 0 Å². The fourth-order valence-electron chi connectivity index (χ4n) is 2.99. The lowest BCUT2D eigenvalue weighted by Crippen LogP contribution is -2.39. The van der Waals surface area contributed by atoms with Gasteiger partial charge in [-0.3, -0.25) is 9.59 Å². The van der Waals surface area contributed by atoms with Crippen LogP contribution in [0.2, 0.25) is 0 Å². The highest BCUT2D eigenvalue weighted by atomic mass is 16.2. The Labute approximate surface area is 123 Å². The molecule has 1 unspecified atom stereocenters. The molecule has 1 aliphatic heterocycles. The summed E-state index contributed by atoms with van der Waals surface area (Å²) >= 11 is 0. The fraction of sp³-hybridized carbons (Fsp3) is 0.438. The van der Waals surface area contributed by atoms with Crippen molar-refractivity contribution in [1.29, 1.82) is 0 Å². The topological polar surface area (TPSA) is 66.1 Å². The lowest BCUT2D eigenvalue weighted by Gasteiger charge is -2.27. The summed E-state index contributed by atoms with van der Waals surface area (Å²) in [5.41, 5.74) is 0.0880. The van der Waals surface area contributed by atoms with E-state index in [1.54, 1.807) is 18.2 Å². The van der Waals surface area contributed by atoms with Gasteiger partial charge in [0.1, 0.15) is 0 Å². The van der Waals surface area contributed by atoms with E-state index in [0.717, 1.165) is 32.2 Å². The van der Waals surface area contributed by atoms with Crippen LogP contribution >= 0.6 is 0 Å². The summed E-state index contributed by atoms with van der Waals surface area (Å²) in [6, 6.07) is 7.34. The Morgan fingerprint density at radius 2 is 2.00 bits per heavy atom. The van der Waals surface area contributed by atoms with Crippen molar-refractivity contribution >= 4 is 16.7 Å². The number of carbonyl (C=O) groups excluding carboxylic acids is 1. The fourth-order valence-corrected chi connectivity index (χ4v) is 2.99. The van der Waals surface area contributed by atoms with E-state index >= 15 is 0 Å². The number of aromatic nitrogens is 2. The first kappa shape index (κ1) is 13.8. The maximum atomic E-state index is 12.8. The van der Waals surface area contributed by atoms with Crippen LogP contribution < -0.4 is 5.56 Å². The van der Waals surface area contributed by atoms with Crippen LogP contribution in [-0.4, -0.2) is 33.6 Å². The first-order valence-corrected chi connectivity index (χ1v) is 7.47. The van der Waals surface area contributed by atoms with Crippen LogP contribution in [0.25, 0.3) is 10.8 Å². The van der Waals surface area contributed by atoms with Gasteiger partial charge in [0.05, 0.1) is 5.39 Å². The molecule has 110 valence electrons. The van der Waals surface area contributed by atoms with Crippen molar-refractivity contribution in [2.24, 2.45) is 0 Å². The molecule has 5 nitrogen and oxygen atoms in total. The maximum absolute atomic E-state index is 12.8. The van der Waals surface area contributed by atoms with Gasteiger partial charge in [0.25, 0.3) is 11.5 Å².